The zero-order valence-corrected chi connectivity index (χ0v) is 11.0. The van der Waals surface area contributed by atoms with Crippen molar-refractivity contribution in [2.24, 2.45) is 0 Å². The van der Waals surface area contributed by atoms with Crippen molar-refractivity contribution in [3.63, 3.8) is 0 Å². The van der Waals surface area contributed by atoms with Crippen LogP contribution in [-0.2, 0) is 4.74 Å². The van der Waals surface area contributed by atoms with Crippen LogP contribution in [0, 0.1) is 5.82 Å². The van der Waals surface area contributed by atoms with Crippen molar-refractivity contribution in [3.8, 4) is 0 Å². The molecule has 3 heteroatoms. The second-order valence-corrected chi connectivity index (χ2v) is 4.93. The van der Waals surface area contributed by atoms with Crippen molar-refractivity contribution < 1.29 is 9.13 Å². The first-order chi connectivity index (χ1) is 8.79. The molecule has 1 aliphatic rings. The molecule has 1 saturated heterocycles. The lowest BCUT2D eigenvalue weighted by Gasteiger charge is -2.21. The fourth-order valence-corrected chi connectivity index (χ4v) is 2.56. The van der Waals surface area contributed by atoms with E-state index in [9.17, 15) is 4.39 Å². The summed E-state index contributed by atoms with van der Waals surface area (Å²) in [5.74, 6) is 0.185. The highest BCUT2D eigenvalue weighted by molar-refractivity contribution is 5.21. The third kappa shape index (κ3) is 3.79. The molecule has 0 spiro atoms. The summed E-state index contributed by atoms with van der Waals surface area (Å²) >= 11 is 0. The molecule has 0 amide bonds. The molecule has 1 aliphatic heterocycles. The Morgan fingerprint density at radius 2 is 2.39 bits per heavy atom. The average molecular weight is 251 g/mol. The summed E-state index contributed by atoms with van der Waals surface area (Å²) in [6, 6.07) is 6.95. The number of likely N-dealkylation sites (N-methyl/N-ethyl adjacent to an activating group) is 1. The van der Waals surface area contributed by atoms with Crippen LogP contribution < -0.4 is 5.32 Å². The predicted octanol–water partition coefficient (Wildman–Crippen LogP) is 3.09. The first-order valence-electron chi connectivity index (χ1n) is 6.87. The fraction of sp³-hybridized carbons (Fsp3) is 0.600. The minimum absolute atomic E-state index is 0.152. The van der Waals surface area contributed by atoms with Crippen LogP contribution in [0.4, 0.5) is 4.39 Å². The van der Waals surface area contributed by atoms with Crippen LogP contribution in [0.1, 0.15) is 37.7 Å². The Hall–Kier alpha value is -0.930. The summed E-state index contributed by atoms with van der Waals surface area (Å²) < 4.78 is 19.0. The summed E-state index contributed by atoms with van der Waals surface area (Å²) in [5, 5.41) is 3.36. The van der Waals surface area contributed by atoms with Gasteiger partial charge in [0.05, 0.1) is 6.10 Å². The minimum Gasteiger partial charge on any atom is -0.378 e. The molecular formula is C15H22FNO. The Balaban J connectivity index is 2.03. The van der Waals surface area contributed by atoms with Gasteiger partial charge in [-0.2, -0.15) is 0 Å². The summed E-state index contributed by atoms with van der Waals surface area (Å²) in [7, 11) is 0. The molecule has 0 saturated carbocycles. The van der Waals surface area contributed by atoms with E-state index in [1.54, 1.807) is 12.1 Å². The molecule has 2 rings (SSSR count). The maximum absolute atomic E-state index is 13.3. The predicted molar refractivity (Wildman–Crippen MR) is 71.3 cm³/mol. The van der Waals surface area contributed by atoms with Gasteiger partial charge in [0.1, 0.15) is 5.82 Å². The van der Waals surface area contributed by atoms with Crippen molar-refractivity contribution in [1.29, 1.82) is 0 Å². The molecule has 0 bridgehead atoms. The smallest absolute Gasteiger partial charge is 0.123 e. The molecular weight excluding hydrogens is 229 g/mol. The van der Waals surface area contributed by atoms with Crippen molar-refractivity contribution in [2.45, 2.75) is 38.2 Å². The van der Waals surface area contributed by atoms with Gasteiger partial charge in [0.15, 0.2) is 0 Å². The molecule has 0 radical (unpaired) electrons. The normalized spacial score (nSPS) is 21.1. The van der Waals surface area contributed by atoms with Crippen molar-refractivity contribution in [1.82, 2.24) is 5.32 Å². The summed E-state index contributed by atoms with van der Waals surface area (Å²) in [6.45, 7) is 4.80. The Morgan fingerprint density at radius 1 is 1.50 bits per heavy atom. The van der Waals surface area contributed by atoms with E-state index in [1.807, 2.05) is 6.07 Å². The number of hydrogen-bond acceptors (Lipinski definition) is 2. The number of halogens is 1. The highest BCUT2D eigenvalue weighted by atomic mass is 19.1. The number of hydrogen-bond donors (Lipinski definition) is 1. The standard InChI is InChI=1S/C15H22FNO/c1-2-17-11-13(10-15-7-4-8-18-15)12-5-3-6-14(16)9-12/h3,5-6,9,13,15,17H,2,4,7-8,10-11H2,1H3. The lowest BCUT2D eigenvalue weighted by molar-refractivity contribution is 0.0977. The van der Waals surface area contributed by atoms with Crippen LogP contribution in [0.15, 0.2) is 24.3 Å². The van der Waals surface area contributed by atoms with Crippen LogP contribution in [0.5, 0.6) is 0 Å². The second kappa shape index (κ2) is 6.86. The topological polar surface area (TPSA) is 21.3 Å². The van der Waals surface area contributed by atoms with Crippen molar-refractivity contribution >= 4 is 0 Å². The Kier molecular flexibility index (Phi) is 5.14. The van der Waals surface area contributed by atoms with Crippen molar-refractivity contribution in [2.75, 3.05) is 19.7 Å². The molecule has 1 fully saturated rings. The molecule has 2 unspecified atom stereocenters. The maximum Gasteiger partial charge on any atom is 0.123 e. The van der Waals surface area contributed by atoms with E-state index >= 15 is 0 Å². The molecule has 2 nitrogen and oxygen atoms in total. The van der Waals surface area contributed by atoms with E-state index in [1.165, 1.54) is 6.07 Å². The average Bonchev–Trinajstić information content (AvgIpc) is 2.87. The van der Waals surface area contributed by atoms with Gasteiger partial charge in [0, 0.05) is 13.2 Å². The SMILES string of the molecule is CCNCC(CC1CCCO1)c1cccc(F)c1. The fourth-order valence-electron chi connectivity index (χ4n) is 2.56. The highest BCUT2D eigenvalue weighted by Gasteiger charge is 2.21. The van der Waals surface area contributed by atoms with E-state index in [0.29, 0.717) is 12.0 Å². The van der Waals surface area contributed by atoms with Crippen LogP contribution in [0.3, 0.4) is 0 Å². The number of benzene rings is 1. The quantitative estimate of drug-likeness (QED) is 0.839. The molecule has 0 aliphatic carbocycles. The van der Waals surface area contributed by atoms with Gasteiger partial charge in [-0.1, -0.05) is 19.1 Å². The van der Waals surface area contributed by atoms with Crippen LogP contribution >= 0.6 is 0 Å². The largest absolute Gasteiger partial charge is 0.378 e. The van der Waals surface area contributed by atoms with Gasteiger partial charge in [-0.25, -0.2) is 4.39 Å². The van der Waals surface area contributed by atoms with E-state index in [-0.39, 0.29) is 5.82 Å². The summed E-state index contributed by atoms with van der Waals surface area (Å²) in [6.07, 6.45) is 3.62. The van der Waals surface area contributed by atoms with Crippen molar-refractivity contribution in [3.05, 3.63) is 35.6 Å². The zero-order valence-electron chi connectivity index (χ0n) is 11.0. The lowest BCUT2D eigenvalue weighted by atomic mass is 9.92. The van der Waals surface area contributed by atoms with Gasteiger partial charge in [-0.15, -0.1) is 0 Å². The van der Waals surface area contributed by atoms with E-state index < -0.39 is 0 Å². The van der Waals surface area contributed by atoms with Crippen LogP contribution in [0.25, 0.3) is 0 Å². The van der Waals surface area contributed by atoms with E-state index in [0.717, 1.165) is 44.5 Å². The molecule has 1 aromatic rings. The van der Waals surface area contributed by atoms with Crippen LogP contribution in [0.2, 0.25) is 0 Å². The molecule has 1 heterocycles. The molecule has 18 heavy (non-hydrogen) atoms. The number of ether oxygens (including phenoxy) is 1. The molecule has 1 N–H and O–H groups in total. The van der Waals surface area contributed by atoms with Gasteiger partial charge in [0.25, 0.3) is 0 Å². The molecule has 2 atom stereocenters. The first kappa shape index (κ1) is 13.5. The zero-order chi connectivity index (χ0) is 12.8. The first-order valence-corrected chi connectivity index (χ1v) is 6.87. The minimum atomic E-state index is -0.152. The molecule has 1 aromatic carbocycles. The lowest BCUT2D eigenvalue weighted by Crippen LogP contribution is -2.24. The number of rotatable bonds is 6. The van der Waals surface area contributed by atoms with Gasteiger partial charge in [-0.3, -0.25) is 0 Å². The number of nitrogens with one attached hydrogen (secondary N) is 1. The van der Waals surface area contributed by atoms with Crippen LogP contribution in [-0.4, -0.2) is 25.8 Å². The summed E-state index contributed by atoms with van der Waals surface area (Å²) in [5.41, 5.74) is 1.08. The summed E-state index contributed by atoms with van der Waals surface area (Å²) in [4.78, 5) is 0. The Morgan fingerprint density at radius 3 is 3.06 bits per heavy atom. The second-order valence-electron chi connectivity index (χ2n) is 4.93. The maximum atomic E-state index is 13.3. The Bertz CT molecular complexity index is 363. The molecule has 0 aromatic heterocycles. The highest BCUT2D eigenvalue weighted by Crippen LogP contribution is 2.27. The monoisotopic (exact) mass is 251 g/mol. The van der Waals surface area contributed by atoms with Gasteiger partial charge >= 0.3 is 0 Å². The van der Waals surface area contributed by atoms with Gasteiger partial charge in [0.2, 0.25) is 0 Å². The third-order valence-electron chi connectivity index (χ3n) is 3.53. The van der Waals surface area contributed by atoms with E-state index in [4.69, 9.17) is 4.74 Å². The van der Waals surface area contributed by atoms with E-state index in [2.05, 4.69) is 12.2 Å². The van der Waals surface area contributed by atoms with Gasteiger partial charge < -0.3 is 10.1 Å². The Labute approximate surface area is 109 Å². The molecule has 100 valence electrons. The van der Waals surface area contributed by atoms with Gasteiger partial charge in [-0.05, 0) is 49.4 Å². The third-order valence-corrected chi connectivity index (χ3v) is 3.53.